The number of urea groups is 1. The van der Waals surface area contributed by atoms with Gasteiger partial charge in [-0.25, -0.2) is 4.79 Å². The number of hydrogen-bond donors (Lipinski definition) is 2. The van der Waals surface area contributed by atoms with E-state index in [2.05, 4.69) is 10.6 Å². The van der Waals surface area contributed by atoms with Gasteiger partial charge in [-0.1, -0.05) is 6.92 Å². The standard InChI is InChI=1S/C19H23N3O7/c1-2-5-20-19(26)21-16(23)11-29-18(25)12-8-17(24)22(10-12)13-3-4-14-15(9-13)28-7-6-27-14/h3-4,9,12H,2,5-8,10-11H2,1H3,(H2,20,21,23,26)/t12-/m0/s1. The molecule has 3 rings (SSSR count). The molecule has 0 aliphatic carbocycles. The van der Waals surface area contributed by atoms with Crippen molar-refractivity contribution in [3.05, 3.63) is 18.2 Å². The van der Waals surface area contributed by atoms with Gasteiger partial charge in [0.25, 0.3) is 5.91 Å². The third-order valence-corrected chi connectivity index (χ3v) is 4.43. The highest BCUT2D eigenvalue weighted by molar-refractivity contribution is 6.00. The van der Waals surface area contributed by atoms with E-state index < -0.39 is 30.4 Å². The van der Waals surface area contributed by atoms with Gasteiger partial charge in [-0.15, -0.1) is 0 Å². The van der Waals surface area contributed by atoms with Crippen molar-refractivity contribution in [2.24, 2.45) is 5.92 Å². The summed E-state index contributed by atoms with van der Waals surface area (Å²) in [4.78, 5) is 49.1. The molecule has 0 radical (unpaired) electrons. The van der Waals surface area contributed by atoms with Gasteiger partial charge in [0, 0.05) is 31.3 Å². The van der Waals surface area contributed by atoms with Gasteiger partial charge in [-0.3, -0.25) is 19.7 Å². The van der Waals surface area contributed by atoms with Gasteiger partial charge in [0.15, 0.2) is 18.1 Å². The normalized spacial score (nSPS) is 17.6. The maximum absolute atomic E-state index is 12.4. The molecular formula is C19H23N3O7. The first-order valence-corrected chi connectivity index (χ1v) is 9.42. The first-order valence-electron chi connectivity index (χ1n) is 9.42. The minimum absolute atomic E-state index is 0.0219. The maximum Gasteiger partial charge on any atom is 0.321 e. The van der Waals surface area contributed by atoms with Crippen LogP contribution in [0.2, 0.25) is 0 Å². The zero-order valence-electron chi connectivity index (χ0n) is 16.1. The van der Waals surface area contributed by atoms with Crippen molar-refractivity contribution in [1.82, 2.24) is 10.6 Å². The Hall–Kier alpha value is -3.30. The number of amides is 4. The number of hydrogen-bond acceptors (Lipinski definition) is 7. The third-order valence-electron chi connectivity index (χ3n) is 4.43. The van der Waals surface area contributed by atoms with Crippen LogP contribution in [0.5, 0.6) is 11.5 Å². The number of anilines is 1. The molecule has 2 aliphatic rings. The SMILES string of the molecule is CCCNC(=O)NC(=O)COC(=O)[C@H]1CC(=O)N(c2ccc3c(c2)OCCO3)C1. The lowest BCUT2D eigenvalue weighted by Crippen LogP contribution is -2.42. The molecule has 0 unspecified atom stereocenters. The predicted octanol–water partition coefficient (Wildman–Crippen LogP) is 0.590. The molecule has 4 amide bonds. The van der Waals surface area contributed by atoms with Gasteiger partial charge >= 0.3 is 12.0 Å². The number of benzene rings is 1. The van der Waals surface area contributed by atoms with Crippen LogP contribution in [0.4, 0.5) is 10.5 Å². The molecule has 1 atom stereocenters. The maximum atomic E-state index is 12.4. The second kappa shape index (κ2) is 9.26. The van der Waals surface area contributed by atoms with Crippen LogP contribution in [-0.4, -0.2) is 56.7 Å². The second-order valence-electron chi connectivity index (χ2n) is 6.65. The highest BCUT2D eigenvalue weighted by atomic mass is 16.6. The average molecular weight is 405 g/mol. The summed E-state index contributed by atoms with van der Waals surface area (Å²) in [7, 11) is 0. The molecule has 156 valence electrons. The lowest BCUT2D eigenvalue weighted by Gasteiger charge is -2.22. The van der Waals surface area contributed by atoms with Crippen molar-refractivity contribution in [3.63, 3.8) is 0 Å². The van der Waals surface area contributed by atoms with E-state index in [1.807, 2.05) is 6.92 Å². The third kappa shape index (κ3) is 5.15. The van der Waals surface area contributed by atoms with E-state index in [0.29, 0.717) is 36.9 Å². The van der Waals surface area contributed by atoms with Crippen LogP contribution in [-0.2, 0) is 19.1 Å². The van der Waals surface area contributed by atoms with Gasteiger partial charge in [-0.05, 0) is 18.6 Å². The Morgan fingerprint density at radius 2 is 1.97 bits per heavy atom. The molecule has 0 saturated carbocycles. The van der Waals surface area contributed by atoms with E-state index in [-0.39, 0.29) is 18.9 Å². The molecule has 0 spiro atoms. The van der Waals surface area contributed by atoms with E-state index in [9.17, 15) is 19.2 Å². The second-order valence-corrected chi connectivity index (χ2v) is 6.65. The Bertz CT molecular complexity index is 811. The van der Waals surface area contributed by atoms with Gasteiger partial charge in [-0.2, -0.15) is 0 Å². The first-order chi connectivity index (χ1) is 14.0. The van der Waals surface area contributed by atoms with Crippen molar-refractivity contribution in [2.75, 3.05) is 37.8 Å². The van der Waals surface area contributed by atoms with Crippen molar-refractivity contribution < 1.29 is 33.4 Å². The highest BCUT2D eigenvalue weighted by Crippen LogP contribution is 2.36. The summed E-state index contributed by atoms with van der Waals surface area (Å²) in [5.41, 5.74) is 0.597. The number of carbonyl (C=O) groups excluding carboxylic acids is 4. The summed E-state index contributed by atoms with van der Waals surface area (Å²) in [5, 5.41) is 4.54. The summed E-state index contributed by atoms with van der Waals surface area (Å²) in [5.74, 6) is -1.17. The van der Waals surface area contributed by atoms with Crippen LogP contribution in [0.15, 0.2) is 18.2 Å². The Morgan fingerprint density at radius 3 is 2.72 bits per heavy atom. The molecule has 2 N–H and O–H groups in total. The zero-order chi connectivity index (χ0) is 20.8. The Labute approximate surface area is 167 Å². The van der Waals surface area contributed by atoms with Crippen LogP contribution in [0.1, 0.15) is 19.8 Å². The predicted molar refractivity (Wildman–Crippen MR) is 101 cm³/mol. The largest absolute Gasteiger partial charge is 0.486 e. The number of fused-ring (bicyclic) bond motifs is 1. The van der Waals surface area contributed by atoms with E-state index >= 15 is 0 Å². The topological polar surface area (TPSA) is 123 Å². The van der Waals surface area contributed by atoms with Crippen LogP contribution in [0.3, 0.4) is 0 Å². The fourth-order valence-corrected chi connectivity index (χ4v) is 3.01. The summed E-state index contributed by atoms with van der Waals surface area (Å²) < 4.78 is 15.9. The van der Waals surface area contributed by atoms with Crippen LogP contribution in [0, 0.1) is 5.92 Å². The summed E-state index contributed by atoms with van der Waals surface area (Å²) in [6.07, 6.45) is 0.706. The number of nitrogens with zero attached hydrogens (tertiary/aromatic N) is 1. The number of esters is 1. The molecular weight excluding hydrogens is 382 g/mol. The molecule has 1 fully saturated rings. The van der Waals surface area contributed by atoms with Crippen molar-refractivity contribution in [2.45, 2.75) is 19.8 Å². The van der Waals surface area contributed by atoms with Gasteiger partial charge < -0.3 is 24.4 Å². The fraction of sp³-hybridized carbons (Fsp3) is 0.474. The number of nitrogens with one attached hydrogen (secondary N) is 2. The summed E-state index contributed by atoms with van der Waals surface area (Å²) in [6, 6.07) is 4.49. The highest BCUT2D eigenvalue weighted by Gasteiger charge is 2.36. The lowest BCUT2D eigenvalue weighted by molar-refractivity contribution is -0.152. The molecule has 0 aromatic heterocycles. The Kier molecular flexibility index (Phi) is 6.53. The Balaban J connectivity index is 1.51. The number of carbonyl (C=O) groups is 4. The van der Waals surface area contributed by atoms with E-state index in [1.165, 1.54) is 4.90 Å². The van der Waals surface area contributed by atoms with E-state index in [4.69, 9.17) is 14.2 Å². The molecule has 2 heterocycles. The van der Waals surface area contributed by atoms with Crippen LogP contribution in [0.25, 0.3) is 0 Å². The molecule has 1 saturated heterocycles. The molecule has 10 heteroatoms. The number of rotatable bonds is 6. The lowest BCUT2D eigenvalue weighted by atomic mass is 10.1. The van der Waals surface area contributed by atoms with E-state index in [1.54, 1.807) is 18.2 Å². The van der Waals surface area contributed by atoms with E-state index in [0.717, 1.165) is 6.42 Å². The fourth-order valence-electron chi connectivity index (χ4n) is 3.01. The molecule has 29 heavy (non-hydrogen) atoms. The Morgan fingerprint density at radius 1 is 1.21 bits per heavy atom. The number of ether oxygens (including phenoxy) is 3. The van der Waals surface area contributed by atoms with Crippen LogP contribution < -0.4 is 25.0 Å². The van der Waals surface area contributed by atoms with Crippen molar-refractivity contribution in [3.8, 4) is 11.5 Å². The average Bonchev–Trinajstić information content (AvgIpc) is 3.11. The summed E-state index contributed by atoms with van der Waals surface area (Å²) >= 11 is 0. The minimum atomic E-state index is -0.736. The molecule has 2 aliphatic heterocycles. The zero-order valence-corrected chi connectivity index (χ0v) is 16.1. The summed E-state index contributed by atoms with van der Waals surface area (Å²) in [6.45, 7) is 2.75. The minimum Gasteiger partial charge on any atom is -0.486 e. The molecule has 1 aromatic carbocycles. The molecule has 1 aromatic rings. The van der Waals surface area contributed by atoms with Gasteiger partial charge in [0.1, 0.15) is 13.2 Å². The first kappa shape index (κ1) is 20.4. The monoisotopic (exact) mass is 405 g/mol. The number of imide groups is 1. The van der Waals surface area contributed by atoms with Crippen molar-refractivity contribution >= 4 is 29.5 Å². The smallest absolute Gasteiger partial charge is 0.321 e. The quantitative estimate of drug-likeness (QED) is 0.664. The molecule has 10 nitrogen and oxygen atoms in total. The van der Waals surface area contributed by atoms with Crippen LogP contribution >= 0.6 is 0 Å². The molecule has 0 bridgehead atoms. The van der Waals surface area contributed by atoms with Gasteiger partial charge in [0.2, 0.25) is 5.91 Å². The van der Waals surface area contributed by atoms with Gasteiger partial charge in [0.05, 0.1) is 5.92 Å². The van der Waals surface area contributed by atoms with Crippen molar-refractivity contribution in [1.29, 1.82) is 0 Å².